The molecule has 0 saturated carbocycles. The molecule has 0 fully saturated rings. The monoisotopic (exact) mass is 278 g/mol. The van der Waals surface area contributed by atoms with E-state index in [2.05, 4.69) is 4.74 Å². The van der Waals surface area contributed by atoms with Crippen molar-refractivity contribution in [3.8, 4) is 5.75 Å². The lowest BCUT2D eigenvalue weighted by atomic mass is 9.83. The molecule has 1 aromatic rings. The largest absolute Gasteiger partial charge is 0.573 e. The summed E-state index contributed by atoms with van der Waals surface area (Å²) in [5.41, 5.74) is -1.49. The van der Waals surface area contributed by atoms with E-state index >= 15 is 0 Å². The van der Waals surface area contributed by atoms with E-state index in [0.717, 1.165) is 12.1 Å². The Balaban J connectivity index is 3.03. The van der Waals surface area contributed by atoms with Crippen LogP contribution in [0.5, 0.6) is 5.75 Å². The molecule has 0 aliphatic heterocycles. The Labute approximate surface area is 107 Å². The molecule has 0 radical (unpaired) electrons. The summed E-state index contributed by atoms with van der Waals surface area (Å²) < 4.78 is 39.9. The Bertz CT molecular complexity index is 468. The number of aliphatic hydroxyl groups excluding tert-OH is 1. The first-order valence-electron chi connectivity index (χ1n) is 5.31. The predicted octanol–water partition coefficient (Wildman–Crippen LogP) is 2.73. The number of halogens is 3. The average Bonchev–Trinajstić information content (AvgIpc) is 2.25. The van der Waals surface area contributed by atoms with E-state index in [9.17, 15) is 23.1 Å². The fraction of sp³-hybridized carbons (Fsp3) is 0.417. The van der Waals surface area contributed by atoms with Gasteiger partial charge in [0.2, 0.25) is 0 Å². The average molecular weight is 278 g/mol. The molecule has 2 N–H and O–H groups in total. The maximum Gasteiger partial charge on any atom is 0.573 e. The van der Waals surface area contributed by atoms with Crippen LogP contribution in [0.2, 0.25) is 0 Å². The molecule has 1 unspecified atom stereocenters. The van der Waals surface area contributed by atoms with E-state index in [0.29, 0.717) is 0 Å². The van der Waals surface area contributed by atoms with Gasteiger partial charge in [-0.15, -0.1) is 13.2 Å². The van der Waals surface area contributed by atoms with Gasteiger partial charge in [-0.05, 0) is 31.5 Å². The molecule has 0 saturated heterocycles. The fourth-order valence-electron chi connectivity index (χ4n) is 1.42. The maximum atomic E-state index is 12.1. The number of aliphatic carboxylic acids is 1. The lowest BCUT2D eigenvalue weighted by Crippen LogP contribution is -2.31. The molecule has 0 aliphatic carbocycles. The van der Waals surface area contributed by atoms with E-state index < -0.39 is 29.6 Å². The van der Waals surface area contributed by atoms with Gasteiger partial charge in [-0.25, -0.2) is 0 Å². The van der Waals surface area contributed by atoms with Gasteiger partial charge in [-0.3, -0.25) is 4.79 Å². The molecule has 0 aromatic heterocycles. The third-order valence-corrected chi connectivity index (χ3v) is 2.64. The standard InChI is InChI=1S/C12H13F3O4/c1-11(2,10(17)18)9(16)7-4-3-5-8(6-7)19-12(13,14)15/h3-6,9,16H,1-2H3,(H,17,18). The Morgan fingerprint density at radius 1 is 1.32 bits per heavy atom. The van der Waals surface area contributed by atoms with Crippen LogP contribution in [-0.4, -0.2) is 22.5 Å². The molecule has 0 amide bonds. The molecular formula is C12H13F3O4. The zero-order chi connectivity index (χ0) is 14.8. The second kappa shape index (κ2) is 5.08. The highest BCUT2D eigenvalue weighted by Gasteiger charge is 2.37. The van der Waals surface area contributed by atoms with Gasteiger partial charge in [0.1, 0.15) is 5.75 Å². The minimum absolute atomic E-state index is 0.0362. The van der Waals surface area contributed by atoms with Gasteiger partial charge < -0.3 is 14.9 Å². The van der Waals surface area contributed by atoms with Crippen LogP contribution in [-0.2, 0) is 4.79 Å². The van der Waals surface area contributed by atoms with Gasteiger partial charge in [0.05, 0.1) is 11.5 Å². The highest BCUT2D eigenvalue weighted by atomic mass is 19.4. The van der Waals surface area contributed by atoms with Crippen LogP contribution >= 0.6 is 0 Å². The van der Waals surface area contributed by atoms with Crippen molar-refractivity contribution < 1.29 is 32.9 Å². The Kier molecular flexibility index (Phi) is 4.09. The minimum atomic E-state index is -4.84. The van der Waals surface area contributed by atoms with Crippen LogP contribution in [0.15, 0.2) is 24.3 Å². The number of benzene rings is 1. The molecule has 1 aromatic carbocycles. The number of hydrogen-bond acceptors (Lipinski definition) is 3. The first-order chi connectivity index (χ1) is 8.54. The molecule has 106 valence electrons. The molecule has 0 spiro atoms. The molecule has 0 heterocycles. The van der Waals surface area contributed by atoms with Gasteiger partial charge >= 0.3 is 12.3 Å². The number of carbonyl (C=O) groups is 1. The number of carboxylic acid groups (broad SMARTS) is 1. The summed E-state index contributed by atoms with van der Waals surface area (Å²) in [6.45, 7) is 2.55. The minimum Gasteiger partial charge on any atom is -0.481 e. The van der Waals surface area contributed by atoms with E-state index in [1.807, 2.05) is 0 Å². The molecule has 1 atom stereocenters. The van der Waals surface area contributed by atoms with E-state index in [1.54, 1.807) is 0 Å². The first kappa shape index (κ1) is 15.3. The number of ether oxygens (including phenoxy) is 1. The summed E-state index contributed by atoms with van der Waals surface area (Å²) in [6.07, 6.45) is -6.30. The van der Waals surface area contributed by atoms with Crippen LogP contribution in [0.3, 0.4) is 0 Å². The zero-order valence-corrected chi connectivity index (χ0v) is 10.2. The number of hydrogen-bond donors (Lipinski definition) is 2. The molecule has 19 heavy (non-hydrogen) atoms. The fourth-order valence-corrected chi connectivity index (χ4v) is 1.42. The van der Waals surface area contributed by atoms with E-state index in [4.69, 9.17) is 5.11 Å². The number of rotatable bonds is 4. The maximum absolute atomic E-state index is 12.1. The van der Waals surface area contributed by atoms with Gasteiger partial charge in [-0.2, -0.15) is 0 Å². The van der Waals surface area contributed by atoms with Crippen molar-refractivity contribution in [1.29, 1.82) is 0 Å². The zero-order valence-electron chi connectivity index (χ0n) is 10.2. The van der Waals surface area contributed by atoms with Crippen molar-refractivity contribution in [3.63, 3.8) is 0 Å². The normalized spacial score (nSPS) is 14.0. The summed E-state index contributed by atoms with van der Waals surface area (Å²) in [4.78, 5) is 11.0. The SMILES string of the molecule is CC(C)(C(=O)O)C(O)c1cccc(OC(F)(F)F)c1. The number of alkyl halides is 3. The lowest BCUT2D eigenvalue weighted by molar-refractivity contribution is -0.274. The van der Waals surface area contributed by atoms with Crippen LogP contribution in [0.1, 0.15) is 25.5 Å². The first-order valence-corrected chi connectivity index (χ1v) is 5.31. The molecule has 1 rings (SSSR count). The van der Waals surface area contributed by atoms with Gasteiger partial charge in [-0.1, -0.05) is 12.1 Å². The Hall–Kier alpha value is -1.76. The smallest absolute Gasteiger partial charge is 0.481 e. The summed E-state index contributed by atoms with van der Waals surface area (Å²) in [5.74, 6) is -1.77. The number of carboxylic acids is 1. The third kappa shape index (κ3) is 3.85. The van der Waals surface area contributed by atoms with Crippen molar-refractivity contribution in [3.05, 3.63) is 29.8 Å². The molecule has 4 nitrogen and oxygen atoms in total. The third-order valence-electron chi connectivity index (χ3n) is 2.64. The van der Waals surface area contributed by atoms with Crippen LogP contribution < -0.4 is 4.74 Å². The van der Waals surface area contributed by atoms with Crippen molar-refractivity contribution in [2.45, 2.75) is 26.3 Å². The van der Waals surface area contributed by atoms with Crippen molar-refractivity contribution in [2.75, 3.05) is 0 Å². The Morgan fingerprint density at radius 3 is 2.37 bits per heavy atom. The predicted molar refractivity (Wildman–Crippen MR) is 59.5 cm³/mol. The summed E-state index contributed by atoms with van der Waals surface area (Å²) in [5, 5.41) is 18.9. The quantitative estimate of drug-likeness (QED) is 0.888. The van der Waals surface area contributed by atoms with Crippen LogP contribution in [0.25, 0.3) is 0 Å². The molecular weight excluding hydrogens is 265 g/mol. The Morgan fingerprint density at radius 2 is 1.89 bits per heavy atom. The van der Waals surface area contributed by atoms with Gasteiger partial charge in [0.25, 0.3) is 0 Å². The topological polar surface area (TPSA) is 66.8 Å². The highest BCUT2D eigenvalue weighted by Crippen LogP contribution is 2.35. The highest BCUT2D eigenvalue weighted by molar-refractivity contribution is 5.74. The van der Waals surface area contributed by atoms with Crippen molar-refractivity contribution in [2.24, 2.45) is 5.41 Å². The van der Waals surface area contributed by atoms with Crippen LogP contribution in [0.4, 0.5) is 13.2 Å². The van der Waals surface area contributed by atoms with E-state index in [-0.39, 0.29) is 5.56 Å². The lowest BCUT2D eigenvalue weighted by Gasteiger charge is -2.26. The summed E-state index contributed by atoms with van der Waals surface area (Å²) >= 11 is 0. The van der Waals surface area contributed by atoms with Crippen molar-refractivity contribution >= 4 is 5.97 Å². The second-order valence-corrected chi connectivity index (χ2v) is 4.55. The summed E-state index contributed by atoms with van der Waals surface area (Å²) in [6, 6.07) is 4.61. The second-order valence-electron chi connectivity index (χ2n) is 4.55. The molecule has 0 bridgehead atoms. The number of aliphatic hydroxyl groups is 1. The van der Waals surface area contributed by atoms with Gasteiger partial charge in [0.15, 0.2) is 0 Å². The molecule has 7 heteroatoms. The molecule has 0 aliphatic rings. The summed E-state index contributed by atoms with van der Waals surface area (Å²) in [7, 11) is 0. The van der Waals surface area contributed by atoms with Crippen molar-refractivity contribution in [1.82, 2.24) is 0 Å². The van der Waals surface area contributed by atoms with E-state index in [1.165, 1.54) is 26.0 Å². The van der Waals surface area contributed by atoms with Gasteiger partial charge in [0, 0.05) is 0 Å². The van der Waals surface area contributed by atoms with Crippen LogP contribution in [0, 0.1) is 5.41 Å².